The second-order valence-electron chi connectivity index (χ2n) is 23.3. The maximum atomic E-state index is 12.2. The van der Waals surface area contributed by atoms with Crippen LogP contribution >= 0.6 is 0 Å². The Bertz CT molecular complexity index is 2050. The monoisotopic (exact) mass is 1060 g/mol. The van der Waals surface area contributed by atoms with Crippen molar-refractivity contribution < 1.29 is 119 Å². The number of rotatable bonds is 10. The molecule has 1 spiro atoms. The number of hydrogen-bond acceptors (Lipinski definition) is 24. The highest BCUT2D eigenvalue weighted by atomic mass is 16.8. The predicted octanol–water partition coefficient (Wildman–Crippen LogP) is -4.14. The van der Waals surface area contributed by atoms with E-state index in [1.165, 1.54) is 20.1 Å². The summed E-state index contributed by atoms with van der Waals surface area (Å²) in [6.07, 6.45) is -27.8. The standard InChI is InChI=1S/C50H78O24/c1-17-15-66-50(43(64)40(17)71-45-38(62)35(59)31(55)18(2)67-45)25(13-51)30-27(74-50)12-24-22-7-6-20-10-21(53)11-29(49(20,5)23(22)8-9-48(24,30)4)70-47-42(73-46-39(63)36(60)32(56)19(3)68-46)41(34(58)28(14-52)69-47)72-44-37(61)33(57)26(54)16-65-44/h6,15,18-19,21-47,51-64H,7-14,16H2,1-5H3/t18-,19+,21-,22?,23?,24?,25+,26-,27+,28-,29-,30?,31+,32+,33+,34-,35+,36-,37-,38-,39-,40?,41+,42-,43?,44+,45+,46+,47+,48+,49+,50?/m1/s1. The number of aliphatic hydroxyl groups excluding tert-OH is 14. The van der Waals surface area contributed by atoms with E-state index >= 15 is 0 Å². The Labute approximate surface area is 427 Å². The molecule has 24 nitrogen and oxygen atoms in total. The smallest absolute Gasteiger partial charge is 0.244 e. The van der Waals surface area contributed by atoms with Crippen LogP contribution in [-0.4, -0.2) is 244 Å². The highest BCUT2D eigenvalue weighted by Crippen LogP contribution is 2.71. The summed E-state index contributed by atoms with van der Waals surface area (Å²) < 4.78 is 62.3. The van der Waals surface area contributed by atoms with Crippen molar-refractivity contribution in [3.8, 4) is 0 Å². The zero-order valence-corrected chi connectivity index (χ0v) is 42.1. The molecular formula is C50H78O24. The molecule has 74 heavy (non-hydrogen) atoms. The molecule has 3 saturated carbocycles. The Hall–Kier alpha value is -1.64. The lowest BCUT2D eigenvalue weighted by Gasteiger charge is -2.61. The SMILES string of the molecule is CC1=COC2(O[C@H]3CC4C5CC=C6C[C@@H](O)C[C@@H](O[C@@H]7O[C@H](CO)[C@@H](O)[C@H](O[C@@H]8OC[C@@H](O)[C@H](O)[C@H]8O)[C@H]7O[C@@H]7O[C@@H](C)[C@H](O)[C@@H](O)[C@H]7O)[C@]6(C)C5CC[C@]4(C)C3[C@@H]2CO)C(O)C1O[C@@H]1O[C@H](C)[C@H](O)[C@H](O)[C@H]1O. The summed E-state index contributed by atoms with van der Waals surface area (Å²) in [6, 6.07) is 0. The van der Waals surface area contributed by atoms with Crippen molar-refractivity contribution in [2.24, 2.45) is 40.4 Å². The molecule has 7 unspecified atom stereocenters. The molecule has 8 fully saturated rings. The van der Waals surface area contributed by atoms with Crippen LogP contribution in [0.3, 0.4) is 0 Å². The molecule has 6 aliphatic heterocycles. The van der Waals surface area contributed by atoms with E-state index in [1.807, 2.05) is 0 Å². The summed E-state index contributed by atoms with van der Waals surface area (Å²) >= 11 is 0. The maximum Gasteiger partial charge on any atom is 0.244 e. The van der Waals surface area contributed by atoms with Crippen molar-refractivity contribution >= 4 is 0 Å². The summed E-state index contributed by atoms with van der Waals surface area (Å²) in [5.74, 6) is -2.89. The van der Waals surface area contributed by atoms with Crippen molar-refractivity contribution in [3.63, 3.8) is 0 Å². The highest BCUT2D eigenvalue weighted by Gasteiger charge is 2.73. The lowest BCUT2D eigenvalue weighted by Crippen LogP contribution is -2.67. The van der Waals surface area contributed by atoms with Gasteiger partial charge in [0.05, 0.1) is 62.5 Å². The zero-order chi connectivity index (χ0) is 53.2. The van der Waals surface area contributed by atoms with Crippen LogP contribution in [0.4, 0.5) is 0 Å². The van der Waals surface area contributed by atoms with Gasteiger partial charge in [0.1, 0.15) is 91.6 Å². The van der Waals surface area contributed by atoms with Crippen LogP contribution in [0.25, 0.3) is 0 Å². The Morgan fingerprint density at radius 1 is 0.662 bits per heavy atom. The summed E-state index contributed by atoms with van der Waals surface area (Å²) in [4.78, 5) is 0. The molecule has 0 aromatic rings. The lowest BCUT2D eigenvalue weighted by molar-refractivity contribution is -0.393. The van der Waals surface area contributed by atoms with Gasteiger partial charge in [-0.15, -0.1) is 0 Å². The molecule has 5 saturated heterocycles. The number of aliphatic hydroxyl groups is 14. The Morgan fingerprint density at radius 3 is 1.95 bits per heavy atom. The van der Waals surface area contributed by atoms with E-state index in [0.29, 0.717) is 37.7 Å². The second kappa shape index (κ2) is 20.8. The minimum atomic E-state index is -1.85. The van der Waals surface area contributed by atoms with Gasteiger partial charge in [0.15, 0.2) is 25.2 Å². The molecule has 10 rings (SSSR count). The van der Waals surface area contributed by atoms with Gasteiger partial charge in [0, 0.05) is 17.8 Å². The van der Waals surface area contributed by atoms with Crippen molar-refractivity contribution in [1.82, 2.24) is 0 Å². The van der Waals surface area contributed by atoms with Gasteiger partial charge in [0.2, 0.25) is 5.79 Å². The molecule has 0 aromatic heterocycles. The Kier molecular flexibility index (Phi) is 15.6. The van der Waals surface area contributed by atoms with Gasteiger partial charge in [0.25, 0.3) is 0 Å². The van der Waals surface area contributed by atoms with E-state index in [4.69, 9.17) is 47.4 Å². The van der Waals surface area contributed by atoms with Crippen LogP contribution in [0.5, 0.6) is 0 Å². The van der Waals surface area contributed by atoms with Crippen LogP contribution in [0, 0.1) is 40.4 Å². The van der Waals surface area contributed by atoms with Crippen LogP contribution in [0.1, 0.15) is 73.1 Å². The summed E-state index contributed by atoms with van der Waals surface area (Å²) in [6.45, 7) is 7.26. The fraction of sp³-hybridized carbons (Fsp3) is 0.920. The van der Waals surface area contributed by atoms with E-state index < -0.39 is 190 Å². The van der Waals surface area contributed by atoms with Crippen LogP contribution in [0.15, 0.2) is 23.5 Å². The molecular weight excluding hydrogens is 985 g/mol. The summed E-state index contributed by atoms with van der Waals surface area (Å²) in [5.41, 5.74) is 0.131. The third-order valence-corrected chi connectivity index (χ3v) is 19.3. The van der Waals surface area contributed by atoms with Crippen LogP contribution < -0.4 is 0 Å². The summed E-state index contributed by atoms with van der Waals surface area (Å²) in [7, 11) is 0. The molecule has 0 bridgehead atoms. The fourth-order valence-corrected chi connectivity index (χ4v) is 15.1. The average molecular weight is 1060 g/mol. The van der Waals surface area contributed by atoms with E-state index in [-0.39, 0.29) is 30.1 Å². The molecule has 0 aromatic carbocycles. The minimum absolute atomic E-state index is 0.00628. The molecule has 10 aliphatic rings. The lowest BCUT2D eigenvalue weighted by atomic mass is 9.46. The molecule has 24 heteroatoms. The zero-order valence-electron chi connectivity index (χ0n) is 42.1. The topological polar surface area (TPSA) is 376 Å². The first-order valence-corrected chi connectivity index (χ1v) is 26.3. The largest absolute Gasteiger partial charge is 0.467 e. The van der Waals surface area contributed by atoms with Crippen LogP contribution in [-0.2, 0) is 47.4 Å². The van der Waals surface area contributed by atoms with Crippen molar-refractivity contribution in [2.75, 3.05) is 19.8 Å². The highest BCUT2D eigenvalue weighted by molar-refractivity contribution is 5.29. The molecule has 0 amide bonds. The Balaban J connectivity index is 0.924. The molecule has 32 atom stereocenters. The van der Waals surface area contributed by atoms with Gasteiger partial charge in [-0.3, -0.25) is 0 Å². The number of ether oxygens (including phenoxy) is 10. The summed E-state index contributed by atoms with van der Waals surface area (Å²) in [5, 5.41) is 153. The molecule has 4 aliphatic carbocycles. The maximum absolute atomic E-state index is 12.2. The van der Waals surface area contributed by atoms with Crippen molar-refractivity contribution in [2.45, 2.75) is 226 Å². The van der Waals surface area contributed by atoms with Gasteiger partial charge in [-0.1, -0.05) is 25.5 Å². The van der Waals surface area contributed by atoms with Crippen molar-refractivity contribution in [1.29, 1.82) is 0 Å². The van der Waals surface area contributed by atoms with E-state index in [2.05, 4.69) is 19.9 Å². The van der Waals surface area contributed by atoms with Gasteiger partial charge in [-0.25, -0.2) is 0 Å². The quantitative estimate of drug-likeness (QED) is 0.0924. The van der Waals surface area contributed by atoms with Crippen molar-refractivity contribution in [3.05, 3.63) is 23.5 Å². The van der Waals surface area contributed by atoms with Gasteiger partial charge in [-0.05, 0) is 81.6 Å². The number of fused-ring (bicyclic) bond motifs is 7. The predicted molar refractivity (Wildman–Crippen MR) is 245 cm³/mol. The van der Waals surface area contributed by atoms with E-state index in [0.717, 1.165) is 5.57 Å². The molecule has 0 radical (unpaired) electrons. The van der Waals surface area contributed by atoms with Gasteiger partial charge >= 0.3 is 0 Å². The third-order valence-electron chi connectivity index (χ3n) is 19.3. The first-order valence-electron chi connectivity index (χ1n) is 26.3. The van der Waals surface area contributed by atoms with Crippen LogP contribution in [0.2, 0.25) is 0 Å². The minimum Gasteiger partial charge on any atom is -0.467 e. The van der Waals surface area contributed by atoms with E-state index in [9.17, 15) is 71.5 Å². The average Bonchev–Trinajstić information content (AvgIpc) is 3.86. The number of hydrogen-bond donors (Lipinski definition) is 14. The molecule has 6 heterocycles. The number of allylic oxidation sites excluding steroid dienone is 1. The Morgan fingerprint density at radius 2 is 1.30 bits per heavy atom. The normalized spacial score (nSPS) is 57.4. The first-order chi connectivity index (χ1) is 35.0. The first kappa shape index (κ1) is 55.7. The molecule has 422 valence electrons. The third kappa shape index (κ3) is 8.87. The van der Waals surface area contributed by atoms with E-state index in [1.54, 1.807) is 6.92 Å². The fourth-order valence-electron chi connectivity index (χ4n) is 15.1. The van der Waals surface area contributed by atoms with Gasteiger partial charge < -0.3 is 119 Å². The molecule has 14 N–H and O–H groups in total. The second-order valence-corrected chi connectivity index (χ2v) is 23.3. The van der Waals surface area contributed by atoms with Gasteiger partial charge in [-0.2, -0.15) is 0 Å².